The largest absolute Gasteiger partial charge is 0.389 e. The second-order valence-electron chi connectivity index (χ2n) is 4.05. The van der Waals surface area contributed by atoms with Gasteiger partial charge in [-0.05, 0) is 27.7 Å². The van der Waals surface area contributed by atoms with Crippen LogP contribution in [-0.2, 0) is 0 Å². The van der Waals surface area contributed by atoms with Gasteiger partial charge in [0.25, 0.3) is 0 Å². The van der Waals surface area contributed by atoms with Crippen LogP contribution in [0.3, 0.4) is 0 Å². The molecule has 0 bridgehead atoms. The number of halogens is 1. The van der Waals surface area contributed by atoms with Crippen molar-refractivity contribution in [2.75, 3.05) is 6.54 Å². The highest BCUT2D eigenvalue weighted by Crippen LogP contribution is 2.20. The van der Waals surface area contributed by atoms with Crippen LogP contribution in [-0.4, -0.2) is 22.8 Å². The second kappa shape index (κ2) is 3.90. The number of rotatable bonds is 4. The highest BCUT2D eigenvalue weighted by Gasteiger charge is 2.34. The summed E-state index contributed by atoms with van der Waals surface area (Å²) < 4.78 is 0.889. The molecule has 0 rings (SSSR count). The third-order valence-corrected chi connectivity index (χ3v) is 2.53. The highest BCUT2D eigenvalue weighted by molar-refractivity contribution is 9.11. The van der Waals surface area contributed by atoms with Gasteiger partial charge in [0, 0.05) is 16.6 Å². The molecule has 72 valence electrons. The maximum absolute atomic E-state index is 9.75. The van der Waals surface area contributed by atoms with Crippen molar-refractivity contribution >= 4 is 15.9 Å². The first-order valence-corrected chi connectivity index (χ1v) is 4.77. The first-order valence-electron chi connectivity index (χ1n) is 3.97. The van der Waals surface area contributed by atoms with Crippen LogP contribution in [0.5, 0.6) is 0 Å². The molecule has 0 saturated carbocycles. The molecule has 0 heterocycles. The van der Waals surface area contributed by atoms with Crippen molar-refractivity contribution in [3.8, 4) is 0 Å². The summed E-state index contributed by atoms with van der Waals surface area (Å²) in [5.41, 5.74) is -1.06. The quantitative estimate of drug-likeness (QED) is 0.782. The van der Waals surface area contributed by atoms with Gasteiger partial charge in [0.2, 0.25) is 0 Å². The molecule has 0 aromatic carbocycles. The van der Waals surface area contributed by atoms with Crippen LogP contribution in [0, 0.1) is 0 Å². The van der Waals surface area contributed by atoms with Gasteiger partial charge in [-0.1, -0.05) is 22.5 Å². The summed E-state index contributed by atoms with van der Waals surface area (Å²) in [6.07, 6.45) is 0. The predicted octanol–water partition coefficient (Wildman–Crippen LogP) is 2.03. The molecule has 0 aliphatic rings. The lowest BCUT2D eigenvalue weighted by Gasteiger charge is -2.38. The van der Waals surface area contributed by atoms with E-state index in [1.807, 2.05) is 13.8 Å². The van der Waals surface area contributed by atoms with Gasteiger partial charge in [-0.15, -0.1) is 0 Å². The molecule has 0 radical (unpaired) electrons. The number of hydrogen-bond donors (Lipinski definition) is 2. The van der Waals surface area contributed by atoms with Crippen LogP contribution in [0.1, 0.15) is 27.7 Å². The zero-order valence-corrected chi connectivity index (χ0v) is 9.83. The molecule has 0 fully saturated rings. The number of hydrogen-bond acceptors (Lipinski definition) is 2. The SMILES string of the molecule is C=C(Br)CNC(C)(C)C(C)(C)O. The Hall–Kier alpha value is 0.140. The molecule has 0 aliphatic heterocycles. The Morgan fingerprint density at radius 2 is 1.83 bits per heavy atom. The Balaban J connectivity index is 4.14. The van der Waals surface area contributed by atoms with Crippen molar-refractivity contribution in [1.29, 1.82) is 0 Å². The van der Waals surface area contributed by atoms with Crippen molar-refractivity contribution in [3.05, 3.63) is 11.1 Å². The van der Waals surface area contributed by atoms with E-state index in [4.69, 9.17) is 0 Å². The molecule has 0 saturated heterocycles. The van der Waals surface area contributed by atoms with Gasteiger partial charge in [0.05, 0.1) is 5.60 Å². The molecule has 2 N–H and O–H groups in total. The summed E-state index contributed by atoms with van der Waals surface area (Å²) in [5, 5.41) is 13.0. The second-order valence-corrected chi connectivity index (χ2v) is 5.18. The van der Waals surface area contributed by atoms with Gasteiger partial charge in [0.1, 0.15) is 0 Å². The van der Waals surface area contributed by atoms with E-state index in [2.05, 4.69) is 27.8 Å². The van der Waals surface area contributed by atoms with E-state index in [-0.39, 0.29) is 5.54 Å². The Kier molecular flexibility index (Phi) is 3.94. The van der Waals surface area contributed by atoms with Crippen LogP contribution in [0.25, 0.3) is 0 Å². The average Bonchev–Trinajstić information content (AvgIpc) is 1.81. The predicted molar refractivity (Wildman–Crippen MR) is 56.4 cm³/mol. The van der Waals surface area contributed by atoms with Crippen molar-refractivity contribution in [3.63, 3.8) is 0 Å². The third kappa shape index (κ3) is 3.70. The summed E-state index contributed by atoms with van der Waals surface area (Å²) in [6.45, 7) is 11.9. The zero-order valence-electron chi connectivity index (χ0n) is 8.24. The standard InChI is InChI=1S/C9H18BrNO/c1-7(10)6-11-8(2,3)9(4,5)12/h11-12H,1,6H2,2-5H3. The van der Waals surface area contributed by atoms with Gasteiger partial charge in [-0.3, -0.25) is 0 Å². The molecule has 0 spiro atoms. The zero-order chi connectivity index (χ0) is 9.99. The van der Waals surface area contributed by atoms with Crippen LogP contribution >= 0.6 is 15.9 Å². The van der Waals surface area contributed by atoms with Crippen molar-refractivity contribution < 1.29 is 5.11 Å². The lowest BCUT2D eigenvalue weighted by Crippen LogP contribution is -2.56. The molecule has 0 unspecified atom stereocenters. The maximum Gasteiger partial charge on any atom is 0.0767 e. The average molecular weight is 236 g/mol. The van der Waals surface area contributed by atoms with Crippen molar-refractivity contribution in [2.45, 2.75) is 38.8 Å². The molecule has 0 aromatic rings. The van der Waals surface area contributed by atoms with Gasteiger partial charge < -0.3 is 10.4 Å². The first kappa shape index (κ1) is 12.1. The summed E-state index contributed by atoms with van der Waals surface area (Å²) in [5.74, 6) is 0. The fraction of sp³-hybridized carbons (Fsp3) is 0.778. The Labute approximate surface area is 83.2 Å². The third-order valence-electron chi connectivity index (χ3n) is 2.25. The Morgan fingerprint density at radius 3 is 2.08 bits per heavy atom. The van der Waals surface area contributed by atoms with Crippen molar-refractivity contribution in [2.24, 2.45) is 0 Å². The molecule has 0 amide bonds. The number of nitrogens with one attached hydrogen (secondary N) is 1. The first-order chi connectivity index (χ1) is 5.17. The lowest BCUT2D eigenvalue weighted by atomic mass is 9.86. The van der Waals surface area contributed by atoms with Gasteiger partial charge in [-0.2, -0.15) is 0 Å². The summed E-state index contributed by atoms with van der Waals surface area (Å²) in [7, 11) is 0. The van der Waals surface area contributed by atoms with E-state index in [0.717, 1.165) is 4.48 Å². The maximum atomic E-state index is 9.75. The molecule has 3 heteroatoms. The van der Waals surface area contributed by atoms with E-state index < -0.39 is 5.60 Å². The van der Waals surface area contributed by atoms with Crippen LogP contribution in [0.2, 0.25) is 0 Å². The molecule has 0 atom stereocenters. The summed E-state index contributed by atoms with van der Waals surface area (Å²) in [4.78, 5) is 0. The summed E-state index contributed by atoms with van der Waals surface area (Å²) in [6, 6.07) is 0. The van der Waals surface area contributed by atoms with Gasteiger partial charge in [0.15, 0.2) is 0 Å². The Bertz CT molecular complexity index is 170. The summed E-state index contributed by atoms with van der Waals surface area (Å²) >= 11 is 3.26. The fourth-order valence-corrected chi connectivity index (χ4v) is 0.673. The molecular formula is C9H18BrNO. The van der Waals surface area contributed by atoms with Crippen LogP contribution in [0.15, 0.2) is 11.1 Å². The van der Waals surface area contributed by atoms with Gasteiger partial charge >= 0.3 is 0 Å². The van der Waals surface area contributed by atoms with E-state index in [9.17, 15) is 5.11 Å². The monoisotopic (exact) mass is 235 g/mol. The van der Waals surface area contributed by atoms with E-state index in [0.29, 0.717) is 6.54 Å². The molecule has 0 aliphatic carbocycles. The molecule has 0 aromatic heterocycles. The minimum atomic E-state index is -0.741. The topological polar surface area (TPSA) is 32.3 Å². The van der Waals surface area contributed by atoms with Crippen LogP contribution in [0.4, 0.5) is 0 Å². The van der Waals surface area contributed by atoms with Gasteiger partial charge in [-0.25, -0.2) is 0 Å². The van der Waals surface area contributed by atoms with Crippen molar-refractivity contribution in [1.82, 2.24) is 5.32 Å². The lowest BCUT2D eigenvalue weighted by molar-refractivity contribution is -0.00279. The molecular weight excluding hydrogens is 218 g/mol. The minimum absolute atomic E-state index is 0.316. The fourth-order valence-electron chi connectivity index (χ4n) is 0.533. The number of aliphatic hydroxyl groups is 1. The normalized spacial score (nSPS) is 13.2. The molecule has 2 nitrogen and oxygen atoms in total. The highest BCUT2D eigenvalue weighted by atomic mass is 79.9. The van der Waals surface area contributed by atoms with Crippen LogP contribution < -0.4 is 5.32 Å². The van der Waals surface area contributed by atoms with E-state index >= 15 is 0 Å². The molecule has 12 heavy (non-hydrogen) atoms. The minimum Gasteiger partial charge on any atom is -0.389 e. The smallest absolute Gasteiger partial charge is 0.0767 e. The Morgan fingerprint density at radius 1 is 1.42 bits per heavy atom. The van der Waals surface area contributed by atoms with E-state index in [1.54, 1.807) is 13.8 Å². The van der Waals surface area contributed by atoms with E-state index in [1.165, 1.54) is 0 Å².